The number of rotatable bonds is 4. The molecular formula is C11H14Br2. The predicted molar refractivity (Wildman–Crippen MR) is 65.6 cm³/mol. The van der Waals surface area contributed by atoms with Gasteiger partial charge in [0.05, 0.1) is 0 Å². The SMILES string of the molecule is CCc1ccc(Br)cc1CCCBr. The molecule has 0 radical (unpaired) electrons. The molecule has 0 N–H and O–H groups in total. The molecule has 0 nitrogen and oxygen atoms in total. The molecule has 0 heterocycles. The van der Waals surface area contributed by atoms with Crippen molar-refractivity contribution in [1.82, 2.24) is 0 Å². The van der Waals surface area contributed by atoms with Gasteiger partial charge in [-0.05, 0) is 42.5 Å². The van der Waals surface area contributed by atoms with Gasteiger partial charge in [0.2, 0.25) is 0 Å². The van der Waals surface area contributed by atoms with Crippen molar-refractivity contribution in [2.45, 2.75) is 26.2 Å². The van der Waals surface area contributed by atoms with Gasteiger partial charge in [0, 0.05) is 9.80 Å². The van der Waals surface area contributed by atoms with Gasteiger partial charge >= 0.3 is 0 Å². The summed E-state index contributed by atoms with van der Waals surface area (Å²) in [6.07, 6.45) is 3.52. The van der Waals surface area contributed by atoms with Crippen molar-refractivity contribution in [3.8, 4) is 0 Å². The van der Waals surface area contributed by atoms with E-state index < -0.39 is 0 Å². The van der Waals surface area contributed by atoms with Gasteiger partial charge in [-0.1, -0.05) is 44.8 Å². The van der Waals surface area contributed by atoms with Crippen LogP contribution in [0.25, 0.3) is 0 Å². The highest BCUT2D eigenvalue weighted by Crippen LogP contribution is 2.18. The molecule has 0 atom stereocenters. The fourth-order valence-corrected chi connectivity index (χ4v) is 2.12. The molecule has 13 heavy (non-hydrogen) atoms. The van der Waals surface area contributed by atoms with Crippen LogP contribution in [0.3, 0.4) is 0 Å². The third-order valence-electron chi connectivity index (χ3n) is 2.13. The van der Waals surface area contributed by atoms with Crippen molar-refractivity contribution in [1.29, 1.82) is 0 Å². The Labute approximate surface area is 97.0 Å². The molecule has 0 saturated heterocycles. The highest BCUT2D eigenvalue weighted by molar-refractivity contribution is 9.10. The van der Waals surface area contributed by atoms with Crippen molar-refractivity contribution < 1.29 is 0 Å². The summed E-state index contributed by atoms with van der Waals surface area (Å²) >= 11 is 6.97. The van der Waals surface area contributed by atoms with E-state index in [1.165, 1.54) is 28.4 Å². The molecule has 2 heteroatoms. The molecule has 0 saturated carbocycles. The highest BCUT2D eigenvalue weighted by Gasteiger charge is 2.00. The quantitative estimate of drug-likeness (QED) is 0.726. The zero-order chi connectivity index (χ0) is 9.68. The van der Waals surface area contributed by atoms with Gasteiger partial charge in [-0.25, -0.2) is 0 Å². The van der Waals surface area contributed by atoms with Gasteiger partial charge in [-0.3, -0.25) is 0 Å². The Hall–Kier alpha value is 0.180. The molecule has 0 spiro atoms. The topological polar surface area (TPSA) is 0 Å². The number of alkyl halides is 1. The third kappa shape index (κ3) is 3.43. The number of aryl methyl sites for hydroxylation is 2. The smallest absolute Gasteiger partial charge is 0.0178 e. The van der Waals surface area contributed by atoms with Gasteiger partial charge in [0.1, 0.15) is 0 Å². The molecule has 0 aliphatic rings. The summed E-state index contributed by atoms with van der Waals surface area (Å²) in [5.74, 6) is 0. The van der Waals surface area contributed by atoms with Crippen molar-refractivity contribution in [2.24, 2.45) is 0 Å². The molecule has 0 aliphatic carbocycles. The number of hydrogen-bond acceptors (Lipinski definition) is 0. The molecular weight excluding hydrogens is 292 g/mol. The van der Waals surface area contributed by atoms with Crippen LogP contribution >= 0.6 is 31.9 Å². The third-order valence-corrected chi connectivity index (χ3v) is 3.18. The van der Waals surface area contributed by atoms with Crippen LogP contribution in [-0.2, 0) is 12.8 Å². The Bertz CT molecular complexity index is 269. The Kier molecular flexibility index (Phi) is 5.04. The van der Waals surface area contributed by atoms with Gasteiger partial charge in [0.25, 0.3) is 0 Å². The van der Waals surface area contributed by atoms with Crippen molar-refractivity contribution in [2.75, 3.05) is 5.33 Å². The van der Waals surface area contributed by atoms with Crippen LogP contribution in [0, 0.1) is 0 Å². The second-order valence-electron chi connectivity index (χ2n) is 3.06. The van der Waals surface area contributed by atoms with E-state index in [1.54, 1.807) is 0 Å². The first-order valence-electron chi connectivity index (χ1n) is 4.61. The van der Waals surface area contributed by atoms with Crippen LogP contribution < -0.4 is 0 Å². The van der Waals surface area contributed by atoms with Crippen LogP contribution in [0.15, 0.2) is 22.7 Å². The maximum absolute atomic E-state index is 3.51. The molecule has 0 aromatic heterocycles. The summed E-state index contributed by atoms with van der Waals surface area (Å²) in [6, 6.07) is 6.58. The highest BCUT2D eigenvalue weighted by atomic mass is 79.9. The maximum Gasteiger partial charge on any atom is 0.0178 e. The van der Waals surface area contributed by atoms with Crippen molar-refractivity contribution in [3.63, 3.8) is 0 Å². The first kappa shape index (κ1) is 11.3. The first-order valence-corrected chi connectivity index (χ1v) is 6.52. The second-order valence-corrected chi connectivity index (χ2v) is 4.77. The monoisotopic (exact) mass is 304 g/mol. The molecule has 72 valence electrons. The fourth-order valence-electron chi connectivity index (χ4n) is 1.43. The molecule has 1 aromatic carbocycles. The Morgan fingerprint density at radius 1 is 1.23 bits per heavy atom. The van der Waals surface area contributed by atoms with E-state index in [0.29, 0.717) is 0 Å². The van der Waals surface area contributed by atoms with E-state index in [2.05, 4.69) is 57.0 Å². The summed E-state index contributed by atoms with van der Waals surface area (Å²) in [5.41, 5.74) is 2.96. The van der Waals surface area contributed by atoms with E-state index in [1.807, 2.05) is 0 Å². The van der Waals surface area contributed by atoms with Gasteiger partial charge in [-0.15, -0.1) is 0 Å². The van der Waals surface area contributed by atoms with E-state index in [9.17, 15) is 0 Å². The van der Waals surface area contributed by atoms with E-state index in [-0.39, 0.29) is 0 Å². The van der Waals surface area contributed by atoms with Crippen LogP contribution in [0.5, 0.6) is 0 Å². The average Bonchev–Trinajstić information content (AvgIpc) is 2.15. The number of hydrogen-bond donors (Lipinski definition) is 0. The van der Waals surface area contributed by atoms with E-state index >= 15 is 0 Å². The lowest BCUT2D eigenvalue weighted by molar-refractivity contribution is 0.912. The minimum absolute atomic E-state index is 1.09. The van der Waals surface area contributed by atoms with Gasteiger partial charge < -0.3 is 0 Å². The summed E-state index contributed by atoms with van der Waals surface area (Å²) in [6.45, 7) is 2.21. The van der Waals surface area contributed by atoms with Crippen molar-refractivity contribution in [3.05, 3.63) is 33.8 Å². The predicted octanol–water partition coefficient (Wildman–Crippen LogP) is 4.34. The van der Waals surface area contributed by atoms with Crippen LogP contribution in [0.4, 0.5) is 0 Å². The molecule has 0 unspecified atom stereocenters. The average molecular weight is 306 g/mol. The summed E-state index contributed by atoms with van der Waals surface area (Å²) in [7, 11) is 0. The summed E-state index contributed by atoms with van der Waals surface area (Å²) in [4.78, 5) is 0. The molecule has 0 bridgehead atoms. The number of halogens is 2. The Morgan fingerprint density at radius 3 is 2.62 bits per heavy atom. The molecule has 0 fully saturated rings. The molecule has 0 aliphatic heterocycles. The first-order chi connectivity index (χ1) is 6.27. The van der Waals surface area contributed by atoms with E-state index in [0.717, 1.165) is 11.8 Å². The molecule has 0 amide bonds. The van der Waals surface area contributed by atoms with Crippen LogP contribution in [-0.4, -0.2) is 5.33 Å². The fraction of sp³-hybridized carbons (Fsp3) is 0.455. The number of benzene rings is 1. The molecule has 1 rings (SSSR count). The summed E-state index contributed by atoms with van der Waals surface area (Å²) < 4.78 is 1.19. The second kappa shape index (κ2) is 5.82. The zero-order valence-electron chi connectivity index (χ0n) is 7.82. The lowest BCUT2D eigenvalue weighted by Crippen LogP contribution is -1.93. The Morgan fingerprint density at radius 2 is 2.00 bits per heavy atom. The van der Waals surface area contributed by atoms with Crippen LogP contribution in [0.1, 0.15) is 24.5 Å². The van der Waals surface area contributed by atoms with Crippen molar-refractivity contribution >= 4 is 31.9 Å². The maximum atomic E-state index is 3.51. The standard InChI is InChI=1S/C11H14Br2/c1-2-9-5-6-11(13)8-10(9)4-3-7-12/h5-6,8H,2-4,7H2,1H3. The van der Waals surface area contributed by atoms with Crippen LogP contribution in [0.2, 0.25) is 0 Å². The summed E-state index contributed by atoms with van der Waals surface area (Å²) in [5, 5.41) is 1.09. The lowest BCUT2D eigenvalue weighted by atomic mass is 10.0. The van der Waals surface area contributed by atoms with Gasteiger partial charge in [0.15, 0.2) is 0 Å². The van der Waals surface area contributed by atoms with E-state index in [4.69, 9.17) is 0 Å². The minimum Gasteiger partial charge on any atom is -0.0928 e. The van der Waals surface area contributed by atoms with Gasteiger partial charge in [-0.2, -0.15) is 0 Å². The lowest BCUT2D eigenvalue weighted by Gasteiger charge is -2.07. The molecule has 1 aromatic rings. The minimum atomic E-state index is 1.09. The Balaban J connectivity index is 2.81. The zero-order valence-corrected chi connectivity index (χ0v) is 11.0. The largest absolute Gasteiger partial charge is 0.0928 e. The normalized spacial score (nSPS) is 10.4.